The van der Waals surface area contributed by atoms with Crippen LogP contribution in [0.15, 0.2) is 60.7 Å². The number of fused-ring (bicyclic) bond motifs is 2. The number of carbonyl (C=O) groups is 8. The van der Waals surface area contributed by atoms with Gasteiger partial charge in [-0.25, -0.2) is 9.97 Å². The van der Waals surface area contributed by atoms with Gasteiger partial charge in [0, 0.05) is 76.0 Å². The number of carbonyl (C=O) groups excluding carboxylic acids is 8. The number of nitrogens with two attached hydrogens (primary N) is 1. The Bertz CT molecular complexity index is 3340. The number of hydrogen-bond acceptors (Lipinski definition) is 15. The van der Waals surface area contributed by atoms with Crippen LogP contribution in [-0.4, -0.2) is 162 Å². The fraction of sp³-hybridized carbons (Fsp3) is 0.407. The van der Waals surface area contributed by atoms with Crippen molar-refractivity contribution >= 4 is 81.6 Å². The smallest absolute Gasteiger partial charge is 0.276 e. The number of nitrogens with zero attached hydrogens (tertiary/aromatic N) is 11. The topological polar surface area (TPSA) is 298 Å². The van der Waals surface area contributed by atoms with E-state index in [1.54, 1.807) is 63.7 Å². The van der Waals surface area contributed by atoms with E-state index in [2.05, 4.69) is 26.1 Å². The van der Waals surface area contributed by atoms with Gasteiger partial charge in [-0.2, -0.15) is 10.2 Å². The fourth-order valence-corrected chi connectivity index (χ4v) is 9.16. The molecule has 0 saturated heterocycles. The zero-order valence-electron chi connectivity index (χ0n) is 45.7. The maximum absolute atomic E-state index is 14.0. The monoisotopic (exact) mass is 1090 g/mol. The number of aldehydes is 1. The number of rotatable bonds is 28. The van der Waals surface area contributed by atoms with Gasteiger partial charge in [0.15, 0.2) is 0 Å². The van der Waals surface area contributed by atoms with E-state index in [0.717, 1.165) is 30.0 Å². The molecule has 1 unspecified atom stereocenters. The van der Waals surface area contributed by atoms with Crippen molar-refractivity contribution in [2.75, 3.05) is 65.1 Å². The highest BCUT2D eigenvalue weighted by Gasteiger charge is 2.28. The summed E-state index contributed by atoms with van der Waals surface area (Å²) in [5, 5.41) is 17.5. The number of unbranched alkanes of at least 4 members (excludes halogenated alkanes) is 1. The minimum Gasteiger partial charge on any atom is -0.494 e. The van der Waals surface area contributed by atoms with Crippen molar-refractivity contribution in [2.45, 2.75) is 92.0 Å². The summed E-state index contributed by atoms with van der Waals surface area (Å²) in [4.78, 5) is 118. The molecule has 1 atom stereocenters. The molecule has 79 heavy (non-hydrogen) atoms. The molecule has 1 aliphatic heterocycles. The molecule has 7 rings (SSSR count). The second-order valence-corrected chi connectivity index (χ2v) is 19.2. The molecule has 0 fully saturated rings. The predicted molar refractivity (Wildman–Crippen MR) is 293 cm³/mol. The number of primary amides is 1. The number of nitrogens with one attached hydrogen (secondary N) is 3. The predicted octanol–water partition coefficient (Wildman–Crippen LogP) is 3.88. The van der Waals surface area contributed by atoms with Crippen LogP contribution in [-0.2, 0) is 45.4 Å². The first-order valence-corrected chi connectivity index (χ1v) is 25.9. The van der Waals surface area contributed by atoms with E-state index in [-0.39, 0.29) is 79.6 Å². The van der Waals surface area contributed by atoms with Crippen molar-refractivity contribution in [3.8, 4) is 11.5 Å². The van der Waals surface area contributed by atoms with Gasteiger partial charge >= 0.3 is 0 Å². The maximum atomic E-state index is 14.0. The highest BCUT2D eigenvalue weighted by Crippen LogP contribution is 2.33. The molecule has 0 aliphatic carbocycles. The Kier molecular flexibility index (Phi) is 18.9. The van der Waals surface area contributed by atoms with Gasteiger partial charge in [0.25, 0.3) is 23.6 Å². The van der Waals surface area contributed by atoms with Crippen molar-refractivity contribution in [3.63, 3.8) is 0 Å². The molecule has 25 heteroatoms. The molecule has 25 nitrogen and oxygen atoms in total. The Morgan fingerprint density at radius 1 is 0.747 bits per heavy atom. The van der Waals surface area contributed by atoms with Gasteiger partial charge in [-0.05, 0) is 110 Å². The minimum absolute atomic E-state index is 0.0681. The number of methoxy groups -OCH3 is 1. The lowest BCUT2D eigenvalue weighted by atomic mass is 10.1. The summed E-state index contributed by atoms with van der Waals surface area (Å²) in [6, 6.07) is 8.62. The van der Waals surface area contributed by atoms with Gasteiger partial charge in [-0.3, -0.25) is 63.3 Å². The standard InChI is InChI=1S/C54H67N15O10/c1-9-68-40(26-33(3)61-68)50(75)59-53-57-38-28-35(32-70)29-43(79-25-15-21-64(7)52(77)37(16-11-12-20-63(5)6)56-44(71)19-24-65-45(72)17-18-46(65)73)48(38)67(53)23-14-13-22-66-47-39(30-36(49(55)74)31-42(47)78-8)58-54(66)60-51(76)41-27-34(4)62-69(41)10-2/h13-14,17-18,26-32,37H,9-12,15-16,19-25H2,1-8H3,(H2,55,74)(H,56,71)(H,57,59,75)(H,58,60,76)/b14-13+. The van der Waals surface area contributed by atoms with E-state index in [1.165, 1.54) is 24.1 Å². The molecule has 2 aromatic carbocycles. The Morgan fingerprint density at radius 3 is 1.85 bits per heavy atom. The van der Waals surface area contributed by atoms with Crippen LogP contribution < -0.4 is 31.2 Å². The lowest BCUT2D eigenvalue weighted by Crippen LogP contribution is -2.48. The average Bonchev–Trinajstić information content (AvgIpc) is 4.33. The summed E-state index contributed by atoms with van der Waals surface area (Å²) in [6.07, 6.45) is 8.53. The molecular weight excluding hydrogens is 1020 g/mol. The molecule has 6 aromatic rings. The van der Waals surface area contributed by atoms with Crippen LogP contribution in [0.4, 0.5) is 11.9 Å². The number of anilines is 2. The lowest BCUT2D eigenvalue weighted by molar-refractivity contribution is -0.138. The van der Waals surface area contributed by atoms with Crippen LogP contribution in [0, 0.1) is 13.8 Å². The Hall–Kier alpha value is -9.00. The summed E-state index contributed by atoms with van der Waals surface area (Å²) >= 11 is 0. The van der Waals surface area contributed by atoms with Gasteiger partial charge in [0.05, 0.1) is 36.1 Å². The zero-order chi connectivity index (χ0) is 57.1. The van der Waals surface area contributed by atoms with Gasteiger partial charge in [0.2, 0.25) is 29.6 Å². The SMILES string of the molecule is CCn1nc(C)cc1C(=O)Nc1nc2cc(C(N)=O)cc(OC)c2n1C/C=C/Cn1c(NC(=O)c2cc(C)nn2CC)nc2cc(C=O)cc(OCCCN(C)C(=O)C(CCCCN(C)C)NC(=O)CCN3C(=O)C=CC3=O)c21. The maximum Gasteiger partial charge on any atom is 0.276 e. The number of benzene rings is 2. The van der Waals surface area contributed by atoms with Crippen molar-refractivity contribution in [3.05, 3.63) is 94.6 Å². The molecule has 0 spiro atoms. The van der Waals surface area contributed by atoms with Crippen molar-refractivity contribution in [2.24, 2.45) is 5.73 Å². The van der Waals surface area contributed by atoms with Crippen LogP contribution in [0.25, 0.3) is 22.1 Å². The van der Waals surface area contributed by atoms with Gasteiger partial charge in [-0.1, -0.05) is 12.2 Å². The van der Waals surface area contributed by atoms with Crippen LogP contribution >= 0.6 is 0 Å². The van der Waals surface area contributed by atoms with E-state index in [4.69, 9.17) is 25.2 Å². The third-order valence-electron chi connectivity index (χ3n) is 13.1. The van der Waals surface area contributed by atoms with Crippen LogP contribution in [0.5, 0.6) is 11.5 Å². The number of imidazole rings is 2. The van der Waals surface area contributed by atoms with Crippen molar-refractivity contribution < 1.29 is 47.8 Å². The molecule has 0 radical (unpaired) electrons. The molecule has 5 heterocycles. The summed E-state index contributed by atoms with van der Waals surface area (Å²) in [7, 11) is 6.97. The summed E-state index contributed by atoms with van der Waals surface area (Å²) in [5.74, 6) is -2.63. The first kappa shape index (κ1) is 57.7. The second-order valence-electron chi connectivity index (χ2n) is 19.2. The number of ether oxygens (including phenoxy) is 2. The molecular formula is C54H67N15O10. The molecule has 0 bridgehead atoms. The number of aryl methyl sites for hydroxylation is 4. The number of amides is 7. The summed E-state index contributed by atoms with van der Waals surface area (Å²) in [6.45, 7) is 9.32. The molecule has 418 valence electrons. The summed E-state index contributed by atoms with van der Waals surface area (Å²) in [5.41, 5.74) is 9.54. The molecule has 4 aromatic heterocycles. The normalized spacial score (nSPS) is 12.8. The van der Waals surface area contributed by atoms with E-state index in [1.807, 2.05) is 45.0 Å². The van der Waals surface area contributed by atoms with Crippen molar-refractivity contribution in [1.82, 2.24) is 58.7 Å². The van der Waals surface area contributed by atoms with Crippen LogP contribution in [0.1, 0.15) is 99.0 Å². The average molecular weight is 1090 g/mol. The highest BCUT2D eigenvalue weighted by atomic mass is 16.5. The molecule has 7 amide bonds. The molecule has 1 aliphatic rings. The minimum atomic E-state index is -0.862. The number of imide groups is 1. The van der Waals surface area contributed by atoms with E-state index in [9.17, 15) is 38.4 Å². The molecule has 0 saturated carbocycles. The van der Waals surface area contributed by atoms with E-state index >= 15 is 0 Å². The first-order valence-electron chi connectivity index (χ1n) is 25.9. The fourth-order valence-electron chi connectivity index (χ4n) is 9.16. The second kappa shape index (κ2) is 25.9. The number of hydrogen-bond donors (Lipinski definition) is 4. The number of aromatic nitrogens is 8. The lowest BCUT2D eigenvalue weighted by Gasteiger charge is -2.25. The Balaban J connectivity index is 1.15. The number of allylic oxidation sites excluding steroid dienone is 2. The quantitative estimate of drug-likeness (QED) is 0.0235. The van der Waals surface area contributed by atoms with Crippen LogP contribution in [0.3, 0.4) is 0 Å². The van der Waals surface area contributed by atoms with Crippen molar-refractivity contribution in [1.29, 1.82) is 0 Å². The van der Waals surface area contributed by atoms with Gasteiger partial charge in [-0.15, -0.1) is 0 Å². The van der Waals surface area contributed by atoms with E-state index < -0.39 is 41.5 Å². The Labute approximate surface area is 455 Å². The third kappa shape index (κ3) is 13.8. The third-order valence-corrected chi connectivity index (χ3v) is 13.1. The van der Waals surface area contributed by atoms with Gasteiger partial charge < -0.3 is 39.5 Å². The molecule has 5 N–H and O–H groups in total. The van der Waals surface area contributed by atoms with Gasteiger partial charge in [0.1, 0.15) is 46.2 Å². The van der Waals surface area contributed by atoms with Crippen LogP contribution in [0.2, 0.25) is 0 Å². The largest absolute Gasteiger partial charge is 0.494 e. The van der Waals surface area contributed by atoms with E-state index in [0.29, 0.717) is 83.5 Å². The zero-order valence-corrected chi connectivity index (χ0v) is 45.7. The first-order chi connectivity index (χ1) is 37.8. The Morgan fingerprint density at radius 2 is 1.32 bits per heavy atom. The highest BCUT2D eigenvalue weighted by molar-refractivity contribution is 6.13. The number of likely N-dealkylation sites (N-methyl/N-ethyl adjacent to an activating group) is 1. The summed E-state index contributed by atoms with van der Waals surface area (Å²) < 4.78 is 18.7.